The molecule has 2 N–H and O–H groups in total. The van der Waals surface area contributed by atoms with Gasteiger partial charge >= 0.3 is 0 Å². The normalized spacial score (nSPS) is 18.4. The fraction of sp³-hybridized carbons (Fsp3) is 0.500. The Morgan fingerprint density at radius 2 is 2.28 bits per heavy atom. The van der Waals surface area contributed by atoms with E-state index >= 15 is 0 Å². The summed E-state index contributed by atoms with van der Waals surface area (Å²) in [7, 11) is 1.97. The second kappa shape index (κ2) is 4.81. The van der Waals surface area contributed by atoms with E-state index in [1.807, 2.05) is 40.9 Å². The monoisotopic (exact) mass is 246 g/mol. The summed E-state index contributed by atoms with van der Waals surface area (Å²) in [5.74, 6) is 1.70. The highest BCUT2D eigenvalue weighted by atomic mass is 15.3. The van der Waals surface area contributed by atoms with Crippen LogP contribution in [0.5, 0.6) is 0 Å². The summed E-state index contributed by atoms with van der Waals surface area (Å²) >= 11 is 0. The molecule has 0 aromatic carbocycles. The molecule has 0 bridgehead atoms. The molecule has 0 saturated carbocycles. The van der Waals surface area contributed by atoms with E-state index in [1.54, 1.807) is 0 Å². The molecule has 3 heterocycles. The summed E-state index contributed by atoms with van der Waals surface area (Å²) < 4.78 is 3.93. The van der Waals surface area contributed by atoms with Gasteiger partial charge in [0, 0.05) is 51.4 Å². The molecule has 1 atom stereocenters. The maximum Gasteiger partial charge on any atom is 0.124 e. The Bertz CT molecular complexity index is 514. The van der Waals surface area contributed by atoms with Gasteiger partial charge in [-0.3, -0.25) is 4.68 Å². The maximum absolute atomic E-state index is 4.29. The lowest BCUT2D eigenvalue weighted by molar-refractivity contribution is 0.389. The number of fused-ring (bicyclic) bond motifs is 1. The highest BCUT2D eigenvalue weighted by Crippen LogP contribution is 2.15. The van der Waals surface area contributed by atoms with Gasteiger partial charge in [0.25, 0.3) is 0 Å². The molecule has 0 saturated heterocycles. The lowest BCUT2D eigenvalue weighted by Gasteiger charge is -2.25. The van der Waals surface area contributed by atoms with E-state index in [0.29, 0.717) is 5.92 Å². The van der Waals surface area contributed by atoms with Crippen molar-refractivity contribution in [2.24, 2.45) is 13.0 Å². The number of rotatable bonds is 4. The van der Waals surface area contributed by atoms with E-state index < -0.39 is 0 Å². The number of hydrogen-bond acceptors (Lipinski definition) is 4. The van der Waals surface area contributed by atoms with Gasteiger partial charge in [-0.05, 0) is 6.07 Å². The second-order valence-electron chi connectivity index (χ2n) is 4.72. The Morgan fingerprint density at radius 1 is 1.39 bits per heavy atom. The fourth-order valence-corrected chi connectivity index (χ4v) is 2.30. The highest BCUT2D eigenvalue weighted by molar-refractivity contribution is 5.35. The van der Waals surface area contributed by atoms with Crippen LogP contribution in [0, 0.1) is 5.92 Å². The molecule has 0 spiro atoms. The highest BCUT2D eigenvalue weighted by Gasteiger charge is 2.17. The van der Waals surface area contributed by atoms with Gasteiger partial charge in [-0.25, -0.2) is 4.68 Å². The maximum atomic E-state index is 4.29. The van der Waals surface area contributed by atoms with Crippen LogP contribution in [0.25, 0.3) is 0 Å². The molecule has 1 aliphatic rings. The summed E-state index contributed by atoms with van der Waals surface area (Å²) in [5, 5.41) is 15.3. The van der Waals surface area contributed by atoms with E-state index in [2.05, 4.69) is 20.8 Å². The van der Waals surface area contributed by atoms with E-state index in [4.69, 9.17) is 0 Å². The van der Waals surface area contributed by atoms with Crippen LogP contribution in [0.15, 0.2) is 24.5 Å². The Balaban J connectivity index is 1.49. The van der Waals surface area contributed by atoms with E-state index in [1.165, 1.54) is 5.69 Å². The van der Waals surface area contributed by atoms with Crippen molar-refractivity contribution >= 4 is 5.82 Å². The third-order valence-corrected chi connectivity index (χ3v) is 3.38. The molecule has 3 rings (SSSR count). The van der Waals surface area contributed by atoms with Gasteiger partial charge in [0.05, 0.1) is 11.9 Å². The topological polar surface area (TPSA) is 59.7 Å². The van der Waals surface area contributed by atoms with Crippen molar-refractivity contribution in [3.05, 3.63) is 30.2 Å². The molecule has 0 unspecified atom stereocenters. The van der Waals surface area contributed by atoms with Crippen molar-refractivity contribution in [3.63, 3.8) is 0 Å². The molecule has 6 nitrogen and oxygen atoms in total. The molecular weight excluding hydrogens is 228 g/mol. The number of nitrogens with zero attached hydrogens (tertiary/aromatic N) is 4. The van der Waals surface area contributed by atoms with Crippen molar-refractivity contribution in [3.8, 4) is 0 Å². The van der Waals surface area contributed by atoms with Crippen LogP contribution in [0.3, 0.4) is 0 Å². The minimum atomic E-state index is 0.575. The molecule has 96 valence electrons. The lowest BCUT2D eigenvalue weighted by atomic mass is 10.1. The first-order valence-electron chi connectivity index (χ1n) is 6.26. The van der Waals surface area contributed by atoms with Crippen LogP contribution in [-0.4, -0.2) is 32.7 Å². The van der Waals surface area contributed by atoms with Gasteiger partial charge in [-0.15, -0.1) is 0 Å². The number of hydrogen-bond donors (Lipinski definition) is 2. The Kier molecular flexibility index (Phi) is 3.02. The molecule has 1 aliphatic heterocycles. The summed E-state index contributed by atoms with van der Waals surface area (Å²) in [6.45, 7) is 3.83. The van der Waals surface area contributed by atoms with Crippen molar-refractivity contribution in [1.82, 2.24) is 24.9 Å². The predicted molar refractivity (Wildman–Crippen MR) is 69.1 cm³/mol. The van der Waals surface area contributed by atoms with E-state index in [0.717, 1.165) is 32.0 Å². The van der Waals surface area contributed by atoms with Crippen LogP contribution in [0.4, 0.5) is 5.82 Å². The van der Waals surface area contributed by atoms with Crippen LogP contribution < -0.4 is 10.6 Å². The number of nitrogens with one attached hydrogen (secondary N) is 2. The van der Waals surface area contributed by atoms with Crippen molar-refractivity contribution in [2.45, 2.75) is 13.1 Å². The number of aromatic nitrogens is 4. The first kappa shape index (κ1) is 11.3. The largest absolute Gasteiger partial charge is 0.370 e. The third-order valence-electron chi connectivity index (χ3n) is 3.38. The summed E-state index contributed by atoms with van der Waals surface area (Å²) in [6.07, 6.45) is 3.67. The molecule has 0 radical (unpaired) electrons. The minimum absolute atomic E-state index is 0.575. The van der Waals surface area contributed by atoms with E-state index in [9.17, 15) is 0 Å². The number of anilines is 1. The van der Waals surface area contributed by atoms with E-state index in [-0.39, 0.29) is 0 Å². The summed E-state index contributed by atoms with van der Waals surface area (Å²) in [4.78, 5) is 0. The van der Waals surface area contributed by atoms with Gasteiger partial charge in [0.1, 0.15) is 5.82 Å². The van der Waals surface area contributed by atoms with Crippen LogP contribution in [-0.2, 0) is 20.1 Å². The first-order chi connectivity index (χ1) is 8.83. The fourth-order valence-electron chi connectivity index (χ4n) is 2.30. The predicted octanol–water partition coefficient (Wildman–Crippen LogP) is 0.448. The van der Waals surface area contributed by atoms with Crippen LogP contribution in [0.1, 0.15) is 5.69 Å². The zero-order valence-electron chi connectivity index (χ0n) is 10.5. The molecule has 0 fully saturated rings. The Morgan fingerprint density at radius 3 is 3.11 bits per heavy atom. The van der Waals surface area contributed by atoms with Gasteiger partial charge in [0.15, 0.2) is 0 Å². The van der Waals surface area contributed by atoms with Crippen molar-refractivity contribution in [1.29, 1.82) is 0 Å². The minimum Gasteiger partial charge on any atom is -0.370 e. The SMILES string of the molecule is Cn1nccc1CNC[C@@H]1CNc2ccnn2C1. The Labute approximate surface area is 106 Å². The Hall–Kier alpha value is -1.82. The molecular formula is C12H18N6. The number of aryl methyl sites for hydroxylation is 1. The first-order valence-corrected chi connectivity index (χ1v) is 6.26. The van der Waals surface area contributed by atoms with Crippen LogP contribution >= 0.6 is 0 Å². The molecule has 18 heavy (non-hydrogen) atoms. The standard InChI is InChI=1S/C12H18N6/c1-17-11(2-4-15-17)8-13-6-10-7-14-12-3-5-16-18(12)9-10/h2-5,10,13-14H,6-9H2,1H3/t10-/m1/s1. The van der Waals surface area contributed by atoms with Gasteiger partial charge in [-0.2, -0.15) is 10.2 Å². The molecule has 0 amide bonds. The summed E-state index contributed by atoms with van der Waals surface area (Å²) in [5.41, 5.74) is 1.21. The average molecular weight is 246 g/mol. The zero-order valence-corrected chi connectivity index (χ0v) is 10.5. The van der Waals surface area contributed by atoms with Crippen LogP contribution in [0.2, 0.25) is 0 Å². The molecule has 0 aliphatic carbocycles. The van der Waals surface area contributed by atoms with Crippen molar-refractivity contribution < 1.29 is 0 Å². The summed E-state index contributed by atoms with van der Waals surface area (Å²) in [6, 6.07) is 4.05. The van der Waals surface area contributed by atoms with Gasteiger partial charge in [-0.1, -0.05) is 0 Å². The smallest absolute Gasteiger partial charge is 0.124 e. The molecule has 6 heteroatoms. The second-order valence-corrected chi connectivity index (χ2v) is 4.72. The van der Waals surface area contributed by atoms with Crippen molar-refractivity contribution in [2.75, 3.05) is 18.4 Å². The third kappa shape index (κ3) is 2.24. The lowest BCUT2D eigenvalue weighted by Crippen LogP contribution is -2.35. The molecule has 2 aromatic heterocycles. The van der Waals surface area contributed by atoms with Gasteiger partial charge < -0.3 is 10.6 Å². The van der Waals surface area contributed by atoms with Gasteiger partial charge in [0.2, 0.25) is 0 Å². The zero-order chi connectivity index (χ0) is 12.4. The average Bonchev–Trinajstić information content (AvgIpc) is 2.98. The quantitative estimate of drug-likeness (QED) is 0.822. The molecule has 2 aromatic rings.